The van der Waals surface area contributed by atoms with Crippen LogP contribution in [0.1, 0.15) is 32.0 Å². The van der Waals surface area contributed by atoms with Gasteiger partial charge in [0, 0.05) is 40.4 Å². The van der Waals surface area contributed by atoms with Gasteiger partial charge in [0.15, 0.2) is 0 Å². The van der Waals surface area contributed by atoms with Crippen LogP contribution in [-0.2, 0) is 13.1 Å². The van der Waals surface area contributed by atoms with Crippen LogP contribution in [0.5, 0.6) is 0 Å². The van der Waals surface area contributed by atoms with Gasteiger partial charge in [0.25, 0.3) is 11.8 Å². The van der Waals surface area contributed by atoms with Crippen molar-refractivity contribution in [3.63, 3.8) is 0 Å². The monoisotopic (exact) mass is 532 g/mol. The summed E-state index contributed by atoms with van der Waals surface area (Å²) in [5.74, 6) is -0.350. The maximum absolute atomic E-state index is 13.7. The Balaban J connectivity index is 1.45. The van der Waals surface area contributed by atoms with E-state index in [1.54, 1.807) is 47.4 Å². The lowest BCUT2D eigenvalue weighted by Crippen LogP contribution is -2.38. The quantitative estimate of drug-likeness (QED) is 0.289. The third-order valence-electron chi connectivity index (χ3n) is 6.37. The third kappa shape index (κ3) is 5.14. The van der Waals surface area contributed by atoms with E-state index in [2.05, 4.69) is 10.6 Å². The fraction of sp³-hybridized carbons (Fsp3) is 0.172. The Labute approximate surface area is 226 Å². The second kappa shape index (κ2) is 10.4. The summed E-state index contributed by atoms with van der Waals surface area (Å²) >= 11 is 12.4. The van der Waals surface area contributed by atoms with Crippen LogP contribution in [0.15, 0.2) is 85.1 Å². The molecule has 2 amide bonds. The molecule has 0 unspecified atom stereocenters. The highest BCUT2D eigenvalue weighted by Gasteiger charge is 2.26. The first-order valence-corrected chi connectivity index (χ1v) is 12.6. The summed E-state index contributed by atoms with van der Waals surface area (Å²) in [5, 5.41) is 0.753. The maximum atomic E-state index is 13.7. The molecule has 5 rings (SSSR count). The predicted molar refractivity (Wildman–Crippen MR) is 149 cm³/mol. The summed E-state index contributed by atoms with van der Waals surface area (Å²) in [4.78, 5) is 32.5. The number of carbonyl (C=O) groups is 2. The molecule has 0 bridgehead atoms. The SMILES string of the molecule is CN(C)CN(C(=O)c1ccc(Cl)cc1Cl)c1ccc(C(=O)N2Cc3cccn3Cc3ccccc32)cc1. The molecule has 6 nitrogen and oxygen atoms in total. The highest BCUT2D eigenvalue weighted by molar-refractivity contribution is 6.37. The van der Waals surface area contributed by atoms with Crippen molar-refractivity contribution in [2.75, 3.05) is 30.6 Å². The van der Waals surface area contributed by atoms with Crippen molar-refractivity contribution in [3.05, 3.63) is 117 Å². The summed E-state index contributed by atoms with van der Waals surface area (Å²) in [5.41, 5.74) is 4.62. The molecule has 0 fully saturated rings. The number of para-hydroxylation sites is 1. The largest absolute Gasteiger partial charge is 0.345 e. The lowest BCUT2D eigenvalue weighted by Gasteiger charge is -2.27. The van der Waals surface area contributed by atoms with E-state index in [1.807, 2.05) is 60.4 Å². The molecule has 2 heterocycles. The van der Waals surface area contributed by atoms with Crippen LogP contribution in [0, 0.1) is 0 Å². The molecule has 0 N–H and O–H groups in total. The van der Waals surface area contributed by atoms with Crippen molar-refractivity contribution in [3.8, 4) is 0 Å². The van der Waals surface area contributed by atoms with Crippen molar-refractivity contribution >= 4 is 46.4 Å². The number of benzene rings is 3. The summed E-state index contributed by atoms with van der Waals surface area (Å²) < 4.78 is 2.17. The molecule has 3 aromatic carbocycles. The minimum Gasteiger partial charge on any atom is -0.345 e. The van der Waals surface area contributed by atoms with Crippen molar-refractivity contribution in [2.24, 2.45) is 0 Å². The average molecular weight is 533 g/mol. The molecule has 37 heavy (non-hydrogen) atoms. The van der Waals surface area contributed by atoms with Crippen LogP contribution < -0.4 is 9.80 Å². The van der Waals surface area contributed by atoms with Crippen molar-refractivity contribution in [2.45, 2.75) is 13.1 Å². The first-order chi connectivity index (χ1) is 17.8. The lowest BCUT2D eigenvalue weighted by molar-refractivity contribution is 0.0972. The van der Waals surface area contributed by atoms with E-state index >= 15 is 0 Å². The number of halogens is 2. The van der Waals surface area contributed by atoms with Gasteiger partial charge in [-0.25, -0.2) is 0 Å². The lowest BCUT2D eigenvalue weighted by atomic mass is 10.1. The van der Waals surface area contributed by atoms with Gasteiger partial charge in [0.1, 0.15) is 0 Å². The zero-order chi connectivity index (χ0) is 26.1. The minimum absolute atomic E-state index is 0.0973. The molecule has 1 aromatic heterocycles. The minimum atomic E-state index is -0.253. The Hall–Kier alpha value is -3.58. The highest BCUT2D eigenvalue weighted by Crippen LogP contribution is 2.30. The molecular formula is C29H26Cl2N4O2. The van der Waals surface area contributed by atoms with E-state index in [1.165, 1.54) is 0 Å². The summed E-state index contributed by atoms with van der Waals surface area (Å²) in [7, 11) is 3.77. The Kier molecular flexibility index (Phi) is 7.07. The summed E-state index contributed by atoms with van der Waals surface area (Å²) in [6.45, 7) is 1.53. The molecule has 0 radical (unpaired) electrons. The predicted octanol–water partition coefficient (Wildman–Crippen LogP) is 6.17. The van der Waals surface area contributed by atoms with Gasteiger partial charge in [-0.2, -0.15) is 0 Å². The standard InChI is InChI=1S/C29H26Cl2N4O2/c1-32(2)19-35(29(37)25-14-11-22(30)16-26(25)31)23-12-9-20(10-13-23)28(36)34-18-24-7-5-15-33(24)17-21-6-3-4-8-27(21)34/h3-16H,17-19H2,1-2H3. The van der Waals surface area contributed by atoms with E-state index in [-0.39, 0.29) is 16.8 Å². The van der Waals surface area contributed by atoms with E-state index in [0.29, 0.717) is 35.1 Å². The molecule has 0 aliphatic carbocycles. The van der Waals surface area contributed by atoms with Gasteiger partial charge < -0.3 is 9.47 Å². The number of amides is 2. The molecule has 1 aliphatic rings. The van der Waals surface area contributed by atoms with E-state index < -0.39 is 0 Å². The number of nitrogens with zero attached hydrogens (tertiary/aromatic N) is 4. The van der Waals surface area contributed by atoms with Gasteiger partial charge in [-0.15, -0.1) is 0 Å². The Morgan fingerprint density at radius 2 is 1.65 bits per heavy atom. The van der Waals surface area contributed by atoms with Gasteiger partial charge in [0.05, 0.1) is 23.8 Å². The Morgan fingerprint density at radius 1 is 0.892 bits per heavy atom. The summed E-state index contributed by atoms with van der Waals surface area (Å²) in [6, 6.07) is 24.0. The highest BCUT2D eigenvalue weighted by atomic mass is 35.5. The van der Waals surface area contributed by atoms with Gasteiger partial charge in [-0.1, -0.05) is 41.4 Å². The third-order valence-corrected chi connectivity index (χ3v) is 6.92. The van der Waals surface area contributed by atoms with Crippen LogP contribution >= 0.6 is 23.2 Å². The van der Waals surface area contributed by atoms with E-state index in [0.717, 1.165) is 23.5 Å². The van der Waals surface area contributed by atoms with Crippen molar-refractivity contribution in [1.29, 1.82) is 0 Å². The van der Waals surface area contributed by atoms with Crippen LogP contribution in [0.4, 0.5) is 11.4 Å². The second-order valence-corrected chi connectivity index (χ2v) is 10.1. The van der Waals surface area contributed by atoms with Crippen LogP contribution in [-0.4, -0.2) is 42.0 Å². The topological polar surface area (TPSA) is 48.8 Å². The fourth-order valence-electron chi connectivity index (χ4n) is 4.56. The number of aromatic nitrogens is 1. The normalized spacial score (nSPS) is 12.6. The second-order valence-electron chi connectivity index (χ2n) is 9.27. The number of carbonyl (C=O) groups excluding carboxylic acids is 2. The van der Waals surface area contributed by atoms with Crippen LogP contribution in [0.2, 0.25) is 10.0 Å². The van der Waals surface area contributed by atoms with E-state index in [4.69, 9.17) is 23.2 Å². The van der Waals surface area contributed by atoms with Crippen molar-refractivity contribution < 1.29 is 9.59 Å². The number of hydrogen-bond donors (Lipinski definition) is 0. The van der Waals surface area contributed by atoms with Gasteiger partial charge in [-0.05, 0) is 80.3 Å². The molecule has 188 valence electrons. The summed E-state index contributed by atoms with van der Waals surface area (Å²) in [6.07, 6.45) is 2.04. The molecule has 4 aromatic rings. The van der Waals surface area contributed by atoms with Gasteiger partial charge in [-0.3, -0.25) is 19.4 Å². The average Bonchev–Trinajstić information content (AvgIpc) is 3.25. The van der Waals surface area contributed by atoms with Crippen LogP contribution in [0.25, 0.3) is 0 Å². The Morgan fingerprint density at radius 3 is 2.38 bits per heavy atom. The number of fused-ring (bicyclic) bond motifs is 2. The van der Waals surface area contributed by atoms with Gasteiger partial charge >= 0.3 is 0 Å². The van der Waals surface area contributed by atoms with E-state index in [9.17, 15) is 9.59 Å². The first kappa shape index (κ1) is 25.1. The molecule has 0 atom stereocenters. The van der Waals surface area contributed by atoms with Crippen molar-refractivity contribution in [1.82, 2.24) is 9.47 Å². The molecule has 1 aliphatic heterocycles. The van der Waals surface area contributed by atoms with Crippen LogP contribution in [0.3, 0.4) is 0 Å². The molecular weight excluding hydrogens is 507 g/mol. The first-order valence-electron chi connectivity index (χ1n) is 11.9. The fourth-order valence-corrected chi connectivity index (χ4v) is 5.05. The zero-order valence-corrected chi connectivity index (χ0v) is 22.1. The number of hydrogen-bond acceptors (Lipinski definition) is 3. The molecule has 0 saturated carbocycles. The zero-order valence-electron chi connectivity index (χ0n) is 20.6. The molecule has 0 saturated heterocycles. The smallest absolute Gasteiger partial charge is 0.260 e. The van der Waals surface area contributed by atoms with Gasteiger partial charge in [0.2, 0.25) is 0 Å². The number of anilines is 2. The number of rotatable bonds is 5. The maximum Gasteiger partial charge on any atom is 0.260 e. The molecule has 8 heteroatoms. The Bertz CT molecular complexity index is 1460. The molecule has 0 spiro atoms.